The van der Waals surface area contributed by atoms with E-state index in [2.05, 4.69) is 22.5 Å². The quantitative estimate of drug-likeness (QED) is 0.433. The Labute approximate surface area is 187 Å². The van der Waals surface area contributed by atoms with Crippen LogP contribution in [0.2, 0.25) is 0 Å². The van der Waals surface area contributed by atoms with Gasteiger partial charge >= 0.3 is 0 Å². The lowest BCUT2D eigenvalue weighted by Gasteiger charge is -2.08. The molecule has 3 aromatic carbocycles. The van der Waals surface area contributed by atoms with Gasteiger partial charge in [0.15, 0.2) is 5.78 Å². The van der Waals surface area contributed by atoms with E-state index in [1.165, 1.54) is 0 Å². The van der Waals surface area contributed by atoms with E-state index in [0.29, 0.717) is 29.8 Å². The topological polar surface area (TPSA) is 64.0 Å². The van der Waals surface area contributed by atoms with Gasteiger partial charge in [0.1, 0.15) is 0 Å². The summed E-state index contributed by atoms with van der Waals surface area (Å²) in [4.78, 5) is 25.0. The molecule has 4 rings (SSSR count). The highest BCUT2D eigenvalue weighted by Crippen LogP contribution is 2.26. The van der Waals surface area contributed by atoms with E-state index in [1.54, 1.807) is 36.4 Å². The van der Waals surface area contributed by atoms with Gasteiger partial charge in [-0.25, -0.2) is 0 Å². The van der Waals surface area contributed by atoms with Crippen molar-refractivity contribution in [2.24, 2.45) is 0 Å². The Kier molecular flexibility index (Phi) is 6.26. The molecule has 0 bridgehead atoms. The average molecular weight is 424 g/mol. The van der Waals surface area contributed by atoms with Crippen molar-refractivity contribution in [2.45, 2.75) is 20.4 Å². The first-order valence-electron chi connectivity index (χ1n) is 10.6. The van der Waals surface area contributed by atoms with Crippen molar-refractivity contribution in [3.8, 4) is 11.1 Å². The minimum atomic E-state index is -0.173. The fourth-order valence-corrected chi connectivity index (χ4v) is 3.84. The number of hydrogen-bond acceptors (Lipinski definition) is 3. The Morgan fingerprint density at radius 1 is 0.781 bits per heavy atom. The monoisotopic (exact) mass is 423 g/mol. The molecular weight excluding hydrogens is 398 g/mol. The number of carbonyl (C=O) groups is 2. The molecule has 5 heteroatoms. The van der Waals surface area contributed by atoms with Gasteiger partial charge in [-0.15, -0.1) is 0 Å². The fourth-order valence-electron chi connectivity index (χ4n) is 3.84. The van der Waals surface area contributed by atoms with Crippen LogP contribution < -0.4 is 5.32 Å². The summed E-state index contributed by atoms with van der Waals surface area (Å²) in [5, 5.41) is 7.58. The maximum atomic E-state index is 12.5. The smallest absolute Gasteiger partial charge is 0.251 e. The molecule has 1 aromatic heterocycles. The van der Waals surface area contributed by atoms with Crippen LogP contribution >= 0.6 is 0 Å². The minimum absolute atomic E-state index is 0.0590. The Bertz CT molecular complexity index is 1230. The molecule has 4 aromatic rings. The van der Waals surface area contributed by atoms with Crippen molar-refractivity contribution in [2.75, 3.05) is 6.54 Å². The second kappa shape index (κ2) is 9.43. The van der Waals surface area contributed by atoms with Gasteiger partial charge in [-0.05, 0) is 31.5 Å². The van der Waals surface area contributed by atoms with Crippen LogP contribution in [-0.2, 0) is 6.54 Å². The van der Waals surface area contributed by atoms with E-state index >= 15 is 0 Å². The molecule has 0 aliphatic rings. The lowest BCUT2D eigenvalue weighted by atomic mass is 10.0. The zero-order valence-electron chi connectivity index (χ0n) is 18.2. The number of benzene rings is 3. The number of rotatable bonds is 7. The second-order valence-corrected chi connectivity index (χ2v) is 7.66. The van der Waals surface area contributed by atoms with Crippen LogP contribution in [0.1, 0.15) is 37.7 Å². The fraction of sp³-hybridized carbons (Fsp3) is 0.148. The number of amides is 1. The minimum Gasteiger partial charge on any atom is -0.350 e. The largest absolute Gasteiger partial charge is 0.350 e. The van der Waals surface area contributed by atoms with Gasteiger partial charge in [0.2, 0.25) is 0 Å². The lowest BCUT2D eigenvalue weighted by molar-refractivity contribution is 0.0950. The van der Waals surface area contributed by atoms with E-state index in [-0.39, 0.29) is 11.7 Å². The van der Waals surface area contributed by atoms with Crippen LogP contribution in [0.15, 0.2) is 84.9 Å². The lowest BCUT2D eigenvalue weighted by Crippen LogP contribution is -2.27. The molecule has 1 N–H and O–H groups in total. The summed E-state index contributed by atoms with van der Waals surface area (Å²) in [7, 11) is 0. The summed E-state index contributed by atoms with van der Waals surface area (Å²) in [5.41, 5.74) is 6.03. The number of nitrogens with zero attached hydrogens (tertiary/aromatic N) is 2. The van der Waals surface area contributed by atoms with Crippen LogP contribution in [-0.4, -0.2) is 28.0 Å². The van der Waals surface area contributed by atoms with Crippen molar-refractivity contribution in [1.82, 2.24) is 15.1 Å². The van der Waals surface area contributed by atoms with E-state index in [4.69, 9.17) is 0 Å². The number of hydrogen-bond donors (Lipinski definition) is 1. The van der Waals surface area contributed by atoms with Crippen molar-refractivity contribution >= 4 is 11.7 Å². The SMILES string of the molecule is Cc1nn(CCNC(=O)c2ccc(C(=O)c3ccccc3)cc2)c(C)c1-c1ccccc1. The van der Waals surface area contributed by atoms with Crippen LogP contribution in [0, 0.1) is 13.8 Å². The molecule has 0 saturated heterocycles. The van der Waals surface area contributed by atoms with Crippen LogP contribution in [0.4, 0.5) is 0 Å². The highest BCUT2D eigenvalue weighted by molar-refractivity contribution is 6.09. The molecule has 0 aliphatic heterocycles. The van der Waals surface area contributed by atoms with Gasteiger partial charge in [0.25, 0.3) is 5.91 Å². The average Bonchev–Trinajstić information content (AvgIpc) is 3.12. The molecule has 160 valence electrons. The first kappa shape index (κ1) is 21.2. The van der Waals surface area contributed by atoms with Gasteiger partial charge in [0.05, 0.1) is 12.2 Å². The molecule has 0 saturated carbocycles. The summed E-state index contributed by atoms with van der Waals surface area (Å²) in [5.74, 6) is -0.232. The summed E-state index contributed by atoms with van der Waals surface area (Å²) < 4.78 is 1.93. The Morgan fingerprint density at radius 2 is 1.34 bits per heavy atom. The molecule has 32 heavy (non-hydrogen) atoms. The molecule has 0 radical (unpaired) electrons. The molecule has 5 nitrogen and oxygen atoms in total. The zero-order valence-corrected chi connectivity index (χ0v) is 18.2. The number of aromatic nitrogens is 2. The second-order valence-electron chi connectivity index (χ2n) is 7.66. The molecule has 1 amide bonds. The maximum Gasteiger partial charge on any atom is 0.251 e. The molecule has 0 fully saturated rings. The third kappa shape index (κ3) is 4.52. The van der Waals surface area contributed by atoms with Gasteiger partial charge in [-0.1, -0.05) is 72.8 Å². The number of aryl methyl sites for hydroxylation is 1. The molecule has 0 atom stereocenters. The van der Waals surface area contributed by atoms with Gasteiger partial charge < -0.3 is 5.32 Å². The zero-order chi connectivity index (χ0) is 22.5. The van der Waals surface area contributed by atoms with Crippen LogP contribution in [0.5, 0.6) is 0 Å². The standard InChI is InChI=1S/C27H25N3O2/c1-19-25(21-9-5-3-6-10-21)20(2)30(29-19)18-17-28-27(32)24-15-13-23(14-16-24)26(31)22-11-7-4-8-12-22/h3-16H,17-18H2,1-2H3,(H,28,32). The van der Waals surface area contributed by atoms with Gasteiger partial charge in [-0.2, -0.15) is 5.10 Å². The molecule has 1 heterocycles. The van der Waals surface area contributed by atoms with Gasteiger partial charge in [-0.3, -0.25) is 14.3 Å². The van der Waals surface area contributed by atoms with E-state index in [9.17, 15) is 9.59 Å². The third-order valence-electron chi connectivity index (χ3n) is 5.50. The summed E-state index contributed by atoms with van der Waals surface area (Å²) >= 11 is 0. The normalized spacial score (nSPS) is 10.7. The predicted molar refractivity (Wildman–Crippen MR) is 126 cm³/mol. The summed E-state index contributed by atoms with van der Waals surface area (Å²) in [6.07, 6.45) is 0. The molecule has 0 spiro atoms. The highest BCUT2D eigenvalue weighted by atomic mass is 16.1. The van der Waals surface area contributed by atoms with Crippen molar-refractivity contribution in [3.63, 3.8) is 0 Å². The maximum absolute atomic E-state index is 12.5. The van der Waals surface area contributed by atoms with E-state index in [0.717, 1.165) is 22.5 Å². The summed E-state index contributed by atoms with van der Waals surface area (Å²) in [6.45, 7) is 5.09. The van der Waals surface area contributed by atoms with Crippen LogP contribution in [0.3, 0.4) is 0 Å². The molecule has 0 unspecified atom stereocenters. The number of carbonyl (C=O) groups excluding carboxylic acids is 2. The predicted octanol–water partition coefficient (Wildman–Crippen LogP) is 4.83. The third-order valence-corrected chi connectivity index (χ3v) is 5.50. The van der Waals surface area contributed by atoms with Crippen molar-refractivity contribution < 1.29 is 9.59 Å². The van der Waals surface area contributed by atoms with E-state index in [1.807, 2.05) is 54.9 Å². The first-order valence-corrected chi connectivity index (χ1v) is 10.6. The van der Waals surface area contributed by atoms with Crippen molar-refractivity contribution in [1.29, 1.82) is 0 Å². The van der Waals surface area contributed by atoms with Gasteiger partial charge in [0, 0.05) is 34.5 Å². The number of ketones is 1. The Hall–Kier alpha value is -3.99. The molecular formula is C27H25N3O2. The van der Waals surface area contributed by atoms with Crippen molar-refractivity contribution in [3.05, 3.63) is 113 Å². The summed E-state index contributed by atoms with van der Waals surface area (Å²) in [6, 6.07) is 26.0. The number of nitrogens with one attached hydrogen (secondary N) is 1. The van der Waals surface area contributed by atoms with E-state index < -0.39 is 0 Å². The Morgan fingerprint density at radius 3 is 2.00 bits per heavy atom. The Balaban J connectivity index is 1.37. The first-order chi connectivity index (χ1) is 15.5. The highest BCUT2D eigenvalue weighted by Gasteiger charge is 2.14. The molecule has 0 aliphatic carbocycles. The van der Waals surface area contributed by atoms with Crippen LogP contribution in [0.25, 0.3) is 11.1 Å².